The maximum atomic E-state index is 13.4. The highest BCUT2D eigenvalue weighted by molar-refractivity contribution is 5.73. The molecule has 22 heavy (non-hydrogen) atoms. The molecule has 1 aromatic carbocycles. The summed E-state index contributed by atoms with van der Waals surface area (Å²) in [5.74, 6) is 0.404. The standard InChI is InChI=1S/C17H25FN2O2/c1-13-12-14(8-11-22-13)6-9-19-17(21)20-10-7-15-4-2-3-5-16(15)18/h2-5,13-14H,6-12H2,1H3,(H2,19,20,21)/t13-,14+/m0/s1. The van der Waals surface area contributed by atoms with Gasteiger partial charge in [0.2, 0.25) is 0 Å². The van der Waals surface area contributed by atoms with Gasteiger partial charge in [0.05, 0.1) is 6.10 Å². The van der Waals surface area contributed by atoms with E-state index >= 15 is 0 Å². The molecule has 1 fully saturated rings. The third-order valence-electron chi connectivity index (χ3n) is 4.07. The summed E-state index contributed by atoms with van der Waals surface area (Å²) in [5, 5.41) is 5.62. The summed E-state index contributed by atoms with van der Waals surface area (Å²) in [6, 6.07) is 6.45. The molecule has 0 saturated carbocycles. The molecule has 5 heteroatoms. The molecule has 1 saturated heterocycles. The Morgan fingerprint density at radius 2 is 2.09 bits per heavy atom. The van der Waals surface area contributed by atoms with Gasteiger partial charge in [0.1, 0.15) is 5.82 Å². The number of hydrogen-bond acceptors (Lipinski definition) is 2. The van der Waals surface area contributed by atoms with Crippen LogP contribution in [-0.4, -0.2) is 31.8 Å². The van der Waals surface area contributed by atoms with Gasteiger partial charge in [0, 0.05) is 19.7 Å². The van der Waals surface area contributed by atoms with E-state index in [2.05, 4.69) is 17.6 Å². The predicted octanol–water partition coefficient (Wildman–Crippen LogP) is 2.87. The molecule has 4 nitrogen and oxygen atoms in total. The van der Waals surface area contributed by atoms with Gasteiger partial charge in [0.15, 0.2) is 0 Å². The monoisotopic (exact) mass is 308 g/mol. The van der Waals surface area contributed by atoms with E-state index < -0.39 is 0 Å². The minimum Gasteiger partial charge on any atom is -0.378 e. The number of halogens is 1. The molecule has 0 unspecified atom stereocenters. The Morgan fingerprint density at radius 1 is 1.32 bits per heavy atom. The van der Waals surface area contributed by atoms with E-state index in [0.29, 0.717) is 37.1 Å². The highest BCUT2D eigenvalue weighted by atomic mass is 19.1. The molecule has 0 radical (unpaired) electrons. The first-order valence-corrected chi connectivity index (χ1v) is 8.02. The first kappa shape index (κ1) is 16.7. The average molecular weight is 308 g/mol. The number of nitrogens with one attached hydrogen (secondary N) is 2. The molecule has 122 valence electrons. The lowest BCUT2D eigenvalue weighted by molar-refractivity contribution is 0.00117. The molecule has 1 aliphatic heterocycles. The Morgan fingerprint density at radius 3 is 2.86 bits per heavy atom. The first-order chi connectivity index (χ1) is 10.6. The topological polar surface area (TPSA) is 50.4 Å². The lowest BCUT2D eigenvalue weighted by Crippen LogP contribution is -2.38. The normalized spacial score (nSPS) is 21.4. The minimum atomic E-state index is -0.224. The molecule has 2 atom stereocenters. The summed E-state index contributed by atoms with van der Waals surface area (Å²) >= 11 is 0. The zero-order chi connectivity index (χ0) is 15.8. The Balaban J connectivity index is 1.57. The van der Waals surface area contributed by atoms with Crippen LogP contribution in [0.2, 0.25) is 0 Å². The maximum Gasteiger partial charge on any atom is 0.314 e. The zero-order valence-corrected chi connectivity index (χ0v) is 13.1. The molecule has 0 bridgehead atoms. The van der Waals surface area contributed by atoms with E-state index in [-0.39, 0.29) is 11.8 Å². The fraction of sp³-hybridized carbons (Fsp3) is 0.588. The Kier molecular flexibility index (Phi) is 6.65. The van der Waals surface area contributed by atoms with Crippen LogP contribution >= 0.6 is 0 Å². The molecule has 0 aliphatic carbocycles. The molecule has 2 amide bonds. The second-order valence-corrected chi connectivity index (χ2v) is 5.88. The van der Waals surface area contributed by atoms with E-state index in [9.17, 15) is 9.18 Å². The number of amides is 2. The molecular formula is C17H25FN2O2. The largest absolute Gasteiger partial charge is 0.378 e. The van der Waals surface area contributed by atoms with Crippen molar-refractivity contribution in [1.29, 1.82) is 0 Å². The molecule has 0 spiro atoms. The Bertz CT molecular complexity index is 481. The van der Waals surface area contributed by atoms with Gasteiger partial charge in [-0.25, -0.2) is 9.18 Å². The number of ether oxygens (including phenoxy) is 1. The number of carbonyl (C=O) groups excluding carboxylic acids is 1. The molecular weight excluding hydrogens is 283 g/mol. The third kappa shape index (κ3) is 5.64. The predicted molar refractivity (Wildman–Crippen MR) is 84.3 cm³/mol. The van der Waals surface area contributed by atoms with Crippen LogP contribution in [0.25, 0.3) is 0 Å². The summed E-state index contributed by atoms with van der Waals surface area (Å²) in [6.45, 7) is 4.01. The quantitative estimate of drug-likeness (QED) is 0.849. The van der Waals surface area contributed by atoms with Gasteiger partial charge in [-0.2, -0.15) is 0 Å². The number of urea groups is 1. The summed E-state index contributed by atoms with van der Waals surface area (Å²) in [4.78, 5) is 11.7. The van der Waals surface area contributed by atoms with Crippen molar-refractivity contribution in [3.63, 3.8) is 0 Å². The van der Waals surface area contributed by atoms with Gasteiger partial charge in [-0.1, -0.05) is 18.2 Å². The average Bonchev–Trinajstić information content (AvgIpc) is 2.49. The smallest absolute Gasteiger partial charge is 0.314 e. The highest BCUT2D eigenvalue weighted by Gasteiger charge is 2.18. The van der Waals surface area contributed by atoms with Crippen LogP contribution in [-0.2, 0) is 11.2 Å². The Labute approximate surface area is 131 Å². The van der Waals surface area contributed by atoms with Crippen LogP contribution in [0.3, 0.4) is 0 Å². The van der Waals surface area contributed by atoms with Gasteiger partial charge in [-0.05, 0) is 50.2 Å². The molecule has 2 N–H and O–H groups in total. The fourth-order valence-corrected chi connectivity index (χ4v) is 2.82. The summed E-state index contributed by atoms with van der Waals surface area (Å²) in [5.41, 5.74) is 0.624. The van der Waals surface area contributed by atoms with Gasteiger partial charge < -0.3 is 15.4 Å². The van der Waals surface area contributed by atoms with Crippen LogP contribution in [0.4, 0.5) is 9.18 Å². The van der Waals surface area contributed by atoms with E-state index in [1.165, 1.54) is 6.07 Å². The van der Waals surface area contributed by atoms with E-state index in [1.54, 1.807) is 18.2 Å². The maximum absolute atomic E-state index is 13.4. The molecule has 1 aromatic rings. The number of rotatable bonds is 6. The van der Waals surface area contributed by atoms with Crippen molar-refractivity contribution in [2.75, 3.05) is 19.7 Å². The van der Waals surface area contributed by atoms with Crippen molar-refractivity contribution in [1.82, 2.24) is 10.6 Å². The van der Waals surface area contributed by atoms with Gasteiger partial charge in [-0.15, -0.1) is 0 Å². The second kappa shape index (κ2) is 8.73. The second-order valence-electron chi connectivity index (χ2n) is 5.88. The van der Waals surface area contributed by atoms with Crippen LogP contribution < -0.4 is 10.6 Å². The van der Waals surface area contributed by atoms with Crippen molar-refractivity contribution >= 4 is 6.03 Å². The SMILES string of the molecule is C[C@H]1C[C@H](CCNC(=O)NCCc2ccccc2F)CCO1. The number of carbonyl (C=O) groups is 1. The van der Waals surface area contributed by atoms with Crippen LogP contribution in [0.15, 0.2) is 24.3 Å². The van der Waals surface area contributed by atoms with E-state index in [0.717, 1.165) is 25.9 Å². The van der Waals surface area contributed by atoms with E-state index in [4.69, 9.17) is 4.74 Å². The number of benzene rings is 1. The van der Waals surface area contributed by atoms with Crippen molar-refractivity contribution < 1.29 is 13.9 Å². The van der Waals surface area contributed by atoms with Gasteiger partial charge in [-0.3, -0.25) is 0 Å². The lowest BCUT2D eigenvalue weighted by atomic mass is 9.93. The molecule has 1 aliphatic rings. The fourth-order valence-electron chi connectivity index (χ4n) is 2.82. The lowest BCUT2D eigenvalue weighted by Gasteiger charge is -2.27. The third-order valence-corrected chi connectivity index (χ3v) is 4.07. The van der Waals surface area contributed by atoms with E-state index in [1.807, 2.05) is 0 Å². The number of hydrogen-bond donors (Lipinski definition) is 2. The Hall–Kier alpha value is -1.62. The van der Waals surface area contributed by atoms with Crippen molar-refractivity contribution in [3.8, 4) is 0 Å². The van der Waals surface area contributed by atoms with Crippen molar-refractivity contribution in [2.45, 2.75) is 38.7 Å². The molecule has 0 aromatic heterocycles. The van der Waals surface area contributed by atoms with Crippen molar-refractivity contribution in [2.24, 2.45) is 5.92 Å². The molecule has 2 rings (SSSR count). The first-order valence-electron chi connectivity index (χ1n) is 8.02. The van der Waals surface area contributed by atoms with Crippen molar-refractivity contribution in [3.05, 3.63) is 35.6 Å². The van der Waals surface area contributed by atoms with Gasteiger partial charge in [0.25, 0.3) is 0 Å². The minimum absolute atomic E-state index is 0.184. The van der Waals surface area contributed by atoms with Crippen LogP contribution in [0.5, 0.6) is 0 Å². The summed E-state index contributed by atoms with van der Waals surface area (Å²) in [7, 11) is 0. The van der Waals surface area contributed by atoms with Gasteiger partial charge >= 0.3 is 6.03 Å². The molecule has 1 heterocycles. The summed E-state index contributed by atoms with van der Waals surface area (Å²) in [6.07, 6.45) is 3.94. The highest BCUT2D eigenvalue weighted by Crippen LogP contribution is 2.22. The van der Waals surface area contributed by atoms with Crippen LogP contribution in [0.1, 0.15) is 31.7 Å². The zero-order valence-electron chi connectivity index (χ0n) is 13.1. The van der Waals surface area contributed by atoms with Crippen LogP contribution in [0, 0.1) is 11.7 Å². The summed E-state index contributed by atoms with van der Waals surface area (Å²) < 4.78 is 18.9.